The predicted octanol–water partition coefficient (Wildman–Crippen LogP) is 1.53. The van der Waals surface area contributed by atoms with Crippen molar-refractivity contribution in [3.63, 3.8) is 0 Å². The van der Waals surface area contributed by atoms with E-state index in [1.165, 1.54) is 31.2 Å². The van der Waals surface area contributed by atoms with Crippen molar-refractivity contribution in [2.45, 2.75) is 18.7 Å². The van der Waals surface area contributed by atoms with Crippen LogP contribution in [0.3, 0.4) is 0 Å². The molecule has 26 heavy (non-hydrogen) atoms. The summed E-state index contributed by atoms with van der Waals surface area (Å²) in [7, 11) is -3.98. The number of benzene rings is 2. The van der Waals surface area contributed by atoms with Gasteiger partial charge in [0.05, 0.1) is 15.9 Å². The van der Waals surface area contributed by atoms with Gasteiger partial charge in [0, 0.05) is 11.3 Å². The Morgan fingerprint density at radius 2 is 1.62 bits per heavy atom. The van der Waals surface area contributed by atoms with Crippen molar-refractivity contribution in [2.24, 2.45) is 0 Å². The Hall–Kier alpha value is -3.20. The van der Waals surface area contributed by atoms with Crippen LogP contribution in [-0.2, 0) is 10.0 Å². The molecule has 8 nitrogen and oxygen atoms in total. The number of aromatic amines is 2. The zero-order valence-electron chi connectivity index (χ0n) is 13.9. The highest BCUT2D eigenvalue weighted by atomic mass is 32.2. The third-order valence-electron chi connectivity index (χ3n) is 3.83. The topological polar surface area (TPSA) is 129 Å². The van der Waals surface area contributed by atoms with E-state index >= 15 is 0 Å². The number of H-pyrrole nitrogens is 2. The second-order valence-electron chi connectivity index (χ2n) is 5.81. The number of aromatic nitrogens is 2. The molecular formula is C17H15N3O5S. The normalized spacial score (nSPS) is 11.5. The molecule has 0 aliphatic carbocycles. The summed E-state index contributed by atoms with van der Waals surface area (Å²) in [6.07, 6.45) is 0. The summed E-state index contributed by atoms with van der Waals surface area (Å²) in [5.74, 6) is -0.186. The van der Waals surface area contributed by atoms with Crippen LogP contribution in [0.5, 0.6) is 0 Å². The zero-order chi connectivity index (χ0) is 19.1. The fourth-order valence-electron chi connectivity index (χ4n) is 2.55. The molecule has 3 aromatic rings. The van der Waals surface area contributed by atoms with Crippen molar-refractivity contribution >= 4 is 32.5 Å². The first-order valence-corrected chi connectivity index (χ1v) is 9.06. The van der Waals surface area contributed by atoms with E-state index in [-0.39, 0.29) is 21.9 Å². The SMILES string of the molecule is CC(=O)c1cccc(NS(=O)(=O)c2cc3[nH]c(=O)c(=O)[nH]c3cc2C)c1. The van der Waals surface area contributed by atoms with Gasteiger partial charge in [-0.15, -0.1) is 0 Å². The maximum absolute atomic E-state index is 12.7. The van der Waals surface area contributed by atoms with Crippen LogP contribution in [0.15, 0.2) is 50.9 Å². The first-order chi connectivity index (χ1) is 12.2. The lowest BCUT2D eigenvalue weighted by Gasteiger charge is -2.12. The largest absolute Gasteiger partial charge is 0.316 e. The maximum Gasteiger partial charge on any atom is 0.314 e. The van der Waals surface area contributed by atoms with Crippen molar-refractivity contribution < 1.29 is 13.2 Å². The molecule has 0 aliphatic heterocycles. The molecule has 0 unspecified atom stereocenters. The number of ketones is 1. The third-order valence-corrected chi connectivity index (χ3v) is 5.35. The van der Waals surface area contributed by atoms with Crippen molar-refractivity contribution in [1.82, 2.24) is 9.97 Å². The lowest BCUT2D eigenvalue weighted by atomic mass is 10.1. The van der Waals surface area contributed by atoms with Gasteiger partial charge in [-0.05, 0) is 43.7 Å². The smallest absolute Gasteiger partial charge is 0.314 e. The summed E-state index contributed by atoms with van der Waals surface area (Å²) in [6, 6.07) is 8.87. The number of carbonyl (C=O) groups excluding carboxylic acids is 1. The molecule has 0 radical (unpaired) electrons. The number of anilines is 1. The molecule has 1 heterocycles. The molecule has 0 saturated carbocycles. The zero-order valence-corrected chi connectivity index (χ0v) is 14.7. The molecule has 0 atom stereocenters. The van der Waals surface area contributed by atoms with Gasteiger partial charge in [-0.25, -0.2) is 8.42 Å². The van der Waals surface area contributed by atoms with Crippen LogP contribution in [-0.4, -0.2) is 24.2 Å². The average molecular weight is 373 g/mol. The molecule has 1 aromatic heterocycles. The first kappa shape index (κ1) is 17.6. The number of nitrogens with one attached hydrogen (secondary N) is 3. The summed E-state index contributed by atoms with van der Waals surface area (Å²) in [5, 5.41) is 0. The average Bonchev–Trinajstić information content (AvgIpc) is 2.55. The minimum atomic E-state index is -3.98. The van der Waals surface area contributed by atoms with E-state index in [9.17, 15) is 22.8 Å². The molecule has 9 heteroatoms. The Kier molecular flexibility index (Phi) is 4.25. The number of carbonyl (C=O) groups is 1. The number of hydrogen-bond donors (Lipinski definition) is 3. The van der Waals surface area contributed by atoms with E-state index in [1.807, 2.05) is 0 Å². The maximum atomic E-state index is 12.7. The number of aryl methyl sites for hydroxylation is 1. The molecule has 134 valence electrons. The number of fused-ring (bicyclic) bond motifs is 1. The standard InChI is InChI=1S/C17H15N3O5S/c1-9-6-13-14(19-17(23)16(22)18-13)8-15(9)26(24,25)20-12-5-3-4-11(7-12)10(2)21/h3-8,20H,1-2H3,(H,18,22)(H,19,23). The molecule has 0 spiro atoms. The molecule has 3 rings (SSSR count). The van der Waals surface area contributed by atoms with Gasteiger partial charge < -0.3 is 9.97 Å². The highest BCUT2D eigenvalue weighted by Gasteiger charge is 2.19. The van der Waals surface area contributed by atoms with Crippen LogP contribution < -0.4 is 15.8 Å². The van der Waals surface area contributed by atoms with Gasteiger partial charge in [0.1, 0.15) is 0 Å². The monoisotopic (exact) mass is 373 g/mol. The molecule has 0 saturated heterocycles. The number of rotatable bonds is 4. The summed E-state index contributed by atoms with van der Waals surface area (Å²) >= 11 is 0. The lowest BCUT2D eigenvalue weighted by Crippen LogP contribution is -2.29. The summed E-state index contributed by atoms with van der Waals surface area (Å²) < 4.78 is 27.9. The van der Waals surface area contributed by atoms with Gasteiger partial charge in [-0.2, -0.15) is 0 Å². The van der Waals surface area contributed by atoms with Crippen LogP contribution in [0.25, 0.3) is 11.0 Å². The van der Waals surface area contributed by atoms with Crippen molar-refractivity contribution in [3.8, 4) is 0 Å². The third kappa shape index (κ3) is 3.29. The summed E-state index contributed by atoms with van der Waals surface area (Å²) in [5.41, 5.74) is -0.161. The second kappa shape index (κ2) is 6.26. The fraction of sp³-hybridized carbons (Fsp3) is 0.118. The van der Waals surface area contributed by atoms with E-state index < -0.39 is 21.1 Å². The molecule has 0 bridgehead atoms. The minimum absolute atomic E-state index is 0.0547. The number of sulfonamides is 1. The Bertz CT molecular complexity index is 1260. The fourth-order valence-corrected chi connectivity index (χ4v) is 3.86. The van der Waals surface area contributed by atoms with Gasteiger partial charge >= 0.3 is 11.1 Å². The van der Waals surface area contributed by atoms with Gasteiger partial charge in [0.2, 0.25) is 0 Å². The van der Waals surface area contributed by atoms with Gasteiger partial charge in [0.25, 0.3) is 10.0 Å². The van der Waals surface area contributed by atoms with Gasteiger partial charge in [-0.1, -0.05) is 12.1 Å². The van der Waals surface area contributed by atoms with E-state index in [0.29, 0.717) is 16.6 Å². The Morgan fingerprint density at radius 1 is 1.00 bits per heavy atom. The summed E-state index contributed by atoms with van der Waals surface area (Å²) in [4.78, 5) is 39.0. The highest BCUT2D eigenvalue weighted by molar-refractivity contribution is 7.92. The summed E-state index contributed by atoms with van der Waals surface area (Å²) in [6.45, 7) is 2.96. The van der Waals surface area contributed by atoms with Crippen molar-refractivity contribution in [2.75, 3.05) is 4.72 Å². The Morgan fingerprint density at radius 3 is 2.23 bits per heavy atom. The predicted molar refractivity (Wildman–Crippen MR) is 97.2 cm³/mol. The van der Waals surface area contributed by atoms with Crippen LogP contribution in [0.4, 0.5) is 5.69 Å². The van der Waals surface area contributed by atoms with E-state index in [0.717, 1.165) is 0 Å². The van der Waals surface area contributed by atoms with E-state index in [4.69, 9.17) is 0 Å². The number of Topliss-reactive ketones (excluding diaryl/α,β-unsaturated/α-hetero) is 1. The first-order valence-electron chi connectivity index (χ1n) is 7.58. The van der Waals surface area contributed by atoms with E-state index in [2.05, 4.69) is 14.7 Å². The van der Waals surface area contributed by atoms with Gasteiger partial charge in [-0.3, -0.25) is 19.1 Å². The lowest BCUT2D eigenvalue weighted by molar-refractivity contribution is 0.101. The van der Waals surface area contributed by atoms with Crippen LogP contribution in [0.1, 0.15) is 22.8 Å². The van der Waals surface area contributed by atoms with Crippen LogP contribution >= 0.6 is 0 Å². The van der Waals surface area contributed by atoms with E-state index in [1.54, 1.807) is 19.1 Å². The van der Waals surface area contributed by atoms with Crippen LogP contribution in [0.2, 0.25) is 0 Å². The molecule has 0 aliphatic rings. The van der Waals surface area contributed by atoms with Crippen molar-refractivity contribution in [3.05, 3.63) is 68.2 Å². The Balaban J connectivity index is 2.09. The number of hydrogen-bond acceptors (Lipinski definition) is 5. The van der Waals surface area contributed by atoms with Crippen molar-refractivity contribution in [1.29, 1.82) is 0 Å². The molecule has 3 N–H and O–H groups in total. The minimum Gasteiger partial charge on any atom is -0.316 e. The molecule has 0 amide bonds. The van der Waals surface area contributed by atoms with Crippen LogP contribution in [0, 0.1) is 6.92 Å². The molecule has 0 fully saturated rings. The Labute approximate surface area is 147 Å². The highest BCUT2D eigenvalue weighted by Crippen LogP contribution is 2.23. The van der Waals surface area contributed by atoms with Gasteiger partial charge in [0.15, 0.2) is 5.78 Å². The second-order valence-corrected chi connectivity index (χ2v) is 7.46. The molecular weight excluding hydrogens is 358 g/mol. The molecule has 2 aromatic carbocycles. The quantitative estimate of drug-likeness (QED) is 0.472.